The van der Waals surface area contributed by atoms with Gasteiger partial charge in [-0.25, -0.2) is 0 Å². The largest absolute Gasteiger partial charge is 0.377 e. The summed E-state index contributed by atoms with van der Waals surface area (Å²) in [4.78, 5) is 37.6. The number of nitriles is 1. The van der Waals surface area contributed by atoms with Crippen molar-refractivity contribution in [1.82, 2.24) is 15.5 Å². The van der Waals surface area contributed by atoms with Gasteiger partial charge in [0.25, 0.3) is 5.91 Å². The lowest BCUT2D eigenvalue weighted by Crippen LogP contribution is -2.38. The van der Waals surface area contributed by atoms with Crippen LogP contribution in [0.5, 0.6) is 0 Å². The summed E-state index contributed by atoms with van der Waals surface area (Å²) < 4.78 is 27.1. The van der Waals surface area contributed by atoms with E-state index in [0.717, 1.165) is 0 Å². The third-order valence-electron chi connectivity index (χ3n) is 6.28. The Balaban J connectivity index is 2.14. The maximum Gasteiger partial charge on any atom is 0.264 e. The number of allylic oxidation sites excluding steroid dienone is 1. The zero-order chi connectivity index (χ0) is 30.5. The molecule has 2 atom stereocenters. The van der Waals surface area contributed by atoms with Crippen LogP contribution < -0.4 is 10.6 Å². The topological polar surface area (TPSA) is 148 Å². The first-order chi connectivity index (χ1) is 19.6. The summed E-state index contributed by atoms with van der Waals surface area (Å²) in [5.74, 6) is -0.500. The Morgan fingerprint density at radius 3 is 1.80 bits per heavy atom. The van der Waals surface area contributed by atoms with E-state index in [1.165, 1.54) is 0 Å². The van der Waals surface area contributed by atoms with Crippen molar-refractivity contribution in [3.8, 4) is 6.07 Å². The number of ether oxygens (including phenoxy) is 5. The fourth-order valence-electron chi connectivity index (χ4n) is 4.24. The van der Waals surface area contributed by atoms with E-state index in [1.54, 1.807) is 11.0 Å². The molecule has 1 aliphatic rings. The van der Waals surface area contributed by atoms with Gasteiger partial charge in [0.1, 0.15) is 11.6 Å². The van der Waals surface area contributed by atoms with Gasteiger partial charge in [-0.1, -0.05) is 40.7 Å². The Bertz CT molecular complexity index is 838. The molecule has 12 heteroatoms. The number of amides is 3. The maximum absolute atomic E-state index is 13.0. The number of carbonyl (C=O) groups is 3. The molecule has 1 aliphatic heterocycles. The molecule has 0 aromatic carbocycles. The third kappa shape index (κ3) is 16.5. The van der Waals surface area contributed by atoms with Crippen LogP contribution in [-0.4, -0.2) is 115 Å². The number of carbonyl (C=O) groups excluding carboxylic acids is 3. The van der Waals surface area contributed by atoms with Crippen molar-refractivity contribution >= 4 is 18.2 Å². The van der Waals surface area contributed by atoms with E-state index in [-0.39, 0.29) is 40.6 Å². The molecule has 1 saturated heterocycles. The highest BCUT2D eigenvalue weighted by Crippen LogP contribution is 2.31. The first kappa shape index (κ1) is 36.5. The Kier molecular flexibility index (Phi) is 18.8. The molecule has 0 aromatic rings. The van der Waals surface area contributed by atoms with Crippen LogP contribution in [-0.2, 0) is 38.1 Å². The minimum absolute atomic E-state index is 0.0216. The molecule has 12 nitrogen and oxygen atoms in total. The molecule has 234 valence electrons. The van der Waals surface area contributed by atoms with E-state index in [2.05, 4.69) is 10.6 Å². The van der Waals surface area contributed by atoms with Gasteiger partial charge in [-0.05, 0) is 17.3 Å². The second-order valence-electron chi connectivity index (χ2n) is 11.2. The molecule has 3 amide bonds. The van der Waals surface area contributed by atoms with Gasteiger partial charge in [-0.2, -0.15) is 5.26 Å². The molecule has 0 aliphatic carbocycles. The van der Waals surface area contributed by atoms with Gasteiger partial charge in [-0.15, -0.1) is 0 Å². The SMILES string of the molecule is CC(C)[C@@H]1CN(C(=O)/C(C#N)=C/C(C)(C)C)C[C@H]1C(=O)NCCOCCOCCOCCOCCOCCNC=O. The molecule has 41 heavy (non-hydrogen) atoms. The highest BCUT2D eigenvalue weighted by Gasteiger charge is 2.41. The third-order valence-corrected chi connectivity index (χ3v) is 6.28. The molecule has 1 fully saturated rings. The van der Waals surface area contributed by atoms with E-state index in [4.69, 9.17) is 23.7 Å². The summed E-state index contributed by atoms with van der Waals surface area (Å²) in [7, 11) is 0. The van der Waals surface area contributed by atoms with Crippen LogP contribution in [0.15, 0.2) is 11.6 Å². The van der Waals surface area contributed by atoms with Gasteiger partial charge in [0.15, 0.2) is 0 Å². The van der Waals surface area contributed by atoms with Gasteiger partial charge in [0.2, 0.25) is 12.3 Å². The van der Waals surface area contributed by atoms with E-state index in [0.29, 0.717) is 98.7 Å². The first-order valence-corrected chi connectivity index (χ1v) is 14.4. The summed E-state index contributed by atoms with van der Waals surface area (Å²) in [6.07, 6.45) is 2.33. The number of rotatable bonds is 22. The van der Waals surface area contributed by atoms with E-state index >= 15 is 0 Å². The molecule has 0 unspecified atom stereocenters. The summed E-state index contributed by atoms with van der Waals surface area (Å²) in [6, 6.07) is 2.03. The lowest BCUT2D eigenvalue weighted by molar-refractivity contribution is -0.127. The Hall–Kier alpha value is -2.56. The molecule has 0 spiro atoms. The van der Waals surface area contributed by atoms with Crippen molar-refractivity contribution in [3.05, 3.63) is 11.6 Å². The van der Waals surface area contributed by atoms with Gasteiger partial charge in [0, 0.05) is 26.2 Å². The summed E-state index contributed by atoms with van der Waals surface area (Å²) in [6.45, 7) is 15.9. The number of hydrogen-bond donors (Lipinski definition) is 2. The second-order valence-corrected chi connectivity index (χ2v) is 11.2. The predicted molar refractivity (Wildman–Crippen MR) is 153 cm³/mol. The van der Waals surface area contributed by atoms with E-state index in [9.17, 15) is 19.6 Å². The number of nitrogens with one attached hydrogen (secondary N) is 2. The molecular formula is C29H50N4O8. The minimum atomic E-state index is -0.327. The molecular weight excluding hydrogens is 532 g/mol. The van der Waals surface area contributed by atoms with Crippen LogP contribution in [0, 0.1) is 34.5 Å². The van der Waals surface area contributed by atoms with Crippen LogP contribution in [0.4, 0.5) is 0 Å². The van der Waals surface area contributed by atoms with Gasteiger partial charge < -0.3 is 39.2 Å². The second kappa shape index (κ2) is 21.2. The quantitative estimate of drug-likeness (QED) is 0.0830. The molecule has 1 rings (SSSR count). The standard InChI is InChI=1S/C29H50N4O8/c1-23(2)25-20-33(28(36)24(19-30)18-29(3,4)5)21-26(25)27(35)32-7-9-38-11-13-40-15-17-41-16-14-39-12-10-37-8-6-31-22-34/h18,22-23,25-26H,6-17,20-21H2,1-5H3,(H,31,34)(H,32,35)/b24-18+/t25-,26+/m0/s1. The fraction of sp³-hybridized carbons (Fsp3) is 0.793. The summed E-state index contributed by atoms with van der Waals surface area (Å²) >= 11 is 0. The molecule has 2 N–H and O–H groups in total. The van der Waals surface area contributed by atoms with Crippen molar-refractivity contribution in [1.29, 1.82) is 5.26 Å². The molecule has 0 aromatic heterocycles. The zero-order valence-corrected chi connectivity index (χ0v) is 25.4. The monoisotopic (exact) mass is 582 g/mol. The van der Waals surface area contributed by atoms with Crippen LogP contribution in [0.3, 0.4) is 0 Å². The highest BCUT2D eigenvalue weighted by molar-refractivity contribution is 5.98. The first-order valence-electron chi connectivity index (χ1n) is 14.4. The number of nitrogens with zero attached hydrogens (tertiary/aromatic N) is 2. The Morgan fingerprint density at radius 2 is 1.37 bits per heavy atom. The van der Waals surface area contributed by atoms with Crippen molar-refractivity contribution in [2.75, 3.05) is 92.2 Å². The lowest BCUT2D eigenvalue weighted by Gasteiger charge is -2.21. The summed E-state index contributed by atoms with van der Waals surface area (Å²) in [5, 5.41) is 14.9. The van der Waals surface area contributed by atoms with E-state index in [1.807, 2.05) is 40.7 Å². The molecule has 0 saturated carbocycles. The fourth-order valence-corrected chi connectivity index (χ4v) is 4.24. The van der Waals surface area contributed by atoms with Crippen molar-refractivity contribution in [3.63, 3.8) is 0 Å². The normalized spacial score (nSPS) is 17.5. The minimum Gasteiger partial charge on any atom is -0.377 e. The van der Waals surface area contributed by atoms with Crippen molar-refractivity contribution < 1.29 is 38.1 Å². The van der Waals surface area contributed by atoms with Crippen LogP contribution in [0.2, 0.25) is 0 Å². The van der Waals surface area contributed by atoms with Crippen LogP contribution >= 0.6 is 0 Å². The lowest BCUT2D eigenvalue weighted by atomic mass is 9.85. The van der Waals surface area contributed by atoms with Crippen molar-refractivity contribution in [2.45, 2.75) is 34.6 Å². The Morgan fingerprint density at radius 1 is 0.878 bits per heavy atom. The van der Waals surface area contributed by atoms with Crippen LogP contribution in [0.25, 0.3) is 0 Å². The Labute approximate surface area is 245 Å². The van der Waals surface area contributed by atoms with Crippen molar-refractivity contribution in [2.24, 2.45) is 23.2 Å². The highest BCUT2D eigenvalue weighted by atomic mass is 16.6. The van der Waals surface area contributed by atoms with Gasteiger partial charge in [-0.3, -0.25) is 14.4 Å². The zero-order valence-electron chi connectivity index (χ0n) is 25.4. The van der Waals surface area contributed by atoms with Gasteiger partial charge in [0.05, 0.1) is 72.0 Å². The number of likely N-dealkylation sites (tertiary alicyclic amines) is 1. The number of hydrogen-bond acceptors (Lipinski definition) is 9. The molecule has 0 radical (unpaired) electrons. The summed E-state index contributed by atoms with van der Waals surface area (Å²) in [5.41, 5.74) is -0.172. The molecule has 0 bridgehead atoms. The van der Waals surface area contributed by atoms with Crippen LogP contribution in [0.1, 0.15) is 34.6 Å². The van der Waals surface area contributed by atoms with Gasteiger partial charge >= 0.3 is 0 Å². The predicted octanol–water partition coefficient (Wildman–Crippen LogP) is 1.16. The molecule has 1 heterocycles. The average molecular weight is 583 g/mol. The smallest absolute Gasteiger partial charge is 0.264 e. The average Bonchev–Trinajstić information content (AvgIpc) is 3.38. The van der Waals surface area contributed by atoms with E-state index < -0.39 is 0 Å². The maximum atomic E-state index is 13.0.